The van der Waals surface area contributed by atoms with Crippen LogP contribution in [0.4, 0.5) is 10.1 Å². The normalized spacial score (nSPS) is 10.5. The number of carbonyl (C=O) groups excluding carboxylic acids is 2. The molecule has 0 saturated heterocycles. The number of aromatic nitrogens is 1. The van der Waals surface area contributed by atoms with Crippen LogP contribution >= 0.6 is 22.7 Å². The van der Waals surface area contributed by atoms with Gasteiger partial charge in [-0.05, 0) is 24.6 Å². The molecule has 0 bridgehead atoms. The summed E-state index contributed by atoms with van der Waals surface area (Å²) in [5, 5.41) is 6.69. The van der Waals surface area contributed by atoms with Crippen LogP contribution in [0.3, 0.4) is 0 Å². The SMILES string of the molecule is CC(=O)Nc1ccc(C(=O)Nc2ncc(Cc3ccc(C)cc3)s2)s1. The van der Waals surface area contributed by atoms with Crippen molar-refractivity contribution in [2.75, 3.05) is 10.6 Å². The Morgan fingerprint density at radius 2 is 1.80 bits per heavy atom. The highest BCUT2D eigenvalue weighted by Gasteiger charge is 2.12. The van der Waals surface area contributed by atoms with Crippen molar-refractivity contribution in [1.82, 2.24) is 4.98 Å². The van der Waals surface area contributed by atoms with Crippen LogP contribution in [0.5, 0.6) is 0 Å². The minimum Gasteiger partial charge on any atom is -0.318 e. The summed E-state index contributed by atoms with van der Waals surface area (Å²) < 4.78 is 0. The van der Waals surface area contributed by atoms with Crippen LogP contribution in [0.2, 0.25) is 0 Å². The number of nitrogens with one attached hydrogen (secondary N) is 2. The van der Waals surface area contributed by atoms with Gasteiger partial charge >= 0.3 is 0 Å². The molecule has 0 fully saturated rings. The second-order valence-corrected chi connectivity index (χ2v) is 7.79. The minimum atomic E-state index is -0.224. The number of aryl methyl sites for hydroxylation is 1. The molecule has 0 aliphatic rings. The van der Waals surface area contributed by atoms with Crippen molar-refractivity contribution in [3.63, 3.8) is 0 Å². The number of hydrogen-bond acceptors (Lipinski definition) is 5. The van der Waals surface area contributed by atoms with Gasteiger partial charge in [-0.25, -0.2) is 4.98 Å². The van der Waals surface area contributed by atoms with Crippen molar-refractivity contribution in [3.05, 3.63) is 63.5 Å². The van der Waals surface area contributed by atoms with Gasteiger partial charge in [-0.3, -0.25) is 14.9 Å². The first-order valence-electron chi connectivity index (χ1n) is 7.68. The Kier molecular flexibility index (Phi) is 5.25. The third kappa shape index (κ3) is 4.74. The lowest BCUT2D eigenvalue weighted by atomic mass is 10.1. The van der Waals surface area contributed by atoms with Crippen LogP contribution < -0.4 is 10.6 Å². The lowest BCUT2D eigenvalue weighted by Crippen LogP contribution is -2.09. The Labute approximate surface area is 153 Å². The molecule has 0 aliphatic heterocycles. The Bertz CT molecular complexity index is 897. The fraction of sp³-hybridized carbons (Fsp3) is 0.167. The first kappa shape index (κ1) is 17.3. The van der Waals surface area contributed by atoms with E-state index in [1.165, 1.54) is 40.7 Å². The first-order chi connectivity index (χ1) is 12.0. The van der Waals surface area contributed by atoms with E-state index < -0.39 is 0 Å². The number of thiophene rings is 1. The number of thiazole rings is 1. The van der Waals surface area contributed by atoms with Crippen LogP contribution in [0.15, 0.2) is 42.6 Å². The molecule has 0 radical (unpaired) electrons. The Hall–Kier alpha value is -2.51. The van der Waals surface area contributed by atoms with Crippen LogP contribution in [0.1, 0.15) is 32.6 Å². The molecule has 2 aromatic heterocycles. The molecule has 2 amide bonds. The van der Waals surface area contributed by atoms with Gasteiger partial charge in [0.2, 0.25) is 5.91 Å². The van der Waals surface area contributed by atoms with Crippen molar-refractivity contribution in [1.29, 1.82) is 0 Å². The summed E-state index contributed by atoms with van der Waals surface area (Å²) in [5.41, 5.74) is 2.45. The highest BCUT2D eigenvalue weighted by molar-refractivity contribution is 7.18. The molecule has 0 unspecified atom stereocenters. The molecular formula is C18H17N3O2S2. The van der Waals surface area contributed by atoms with E-state index in [2.05, 4.69) is 46.8 Å². The zero-order valence-corrected chi connectivity index (χ0v) is 15.5. The largest absolute Gasteiger partial charge is 0.318 e. The van der Waals surface area contributed by atoms with E-state index in [1.54, 1.807) is 18.3 Å². The highest BCUT2D eigenvalue weighted by Crippen LogP contribution is 2.25. The quantitative estimate of drug-likeness (QED) is 0.702. The van der Waals surface area contributed by atoms with Gasteiger partial charge in [0.15, 0.2) is 5.13 Å². The van der Waals surface area contributed by atoms with Crippen molar-refractivity contribution < 1.29 is 9.59 Å². The van der Waals surface area contributed by atoms with Crippen LogP contribution in [0.25, 0.3) is 0 Å². The van der Waals surface area contributed by atoms with E-state index in [4.69, 9.17) is 0 Å². The smallest absolute Gasteiger partial charge is 0.267 e. The Morgan fingerprint density at radius 3 is 2.52 bits per heavy atom. The second-order valence-electron chi connectivity index (χ2n) is 5.59. The third-order valence-corrected chi connectivity index (χ3v) is 5.31. The summed E-state index contributed by atoms with van der Waals surface area (Å²) in [6.07, 6.45) is 2.58. The average molecular weight is 371 g/mol. The zero-order chi connectivity index (χ0) is 17.8. The average Bonchev–Trinajstić information content (AvgIpc) is 3.19. The van der Waals surface area contributed by atoms with Gasteiger partial charge < -0.3 is 5.32 Å². The van der Waals surface area contributed by atoms with Crippen LogP contribution in [0, 0.1) is 6.92 Å². The van der Waals surface area contributed by atoms with E-state index >= 15 is 0 Å². The lowest BCUT2D eigenvalue weighted by molar-refractivity contribution is -0.114. The maximum absolute atomic E-state index is 12.3. The molecule has 5 nitrogen and oxygen atoms in total. The van der Waals surface area contributed by atoms with E-state index in [-0.39, 0.29) is 11.8 Å². The van der Waals surface area contributed by atoms with Gasteiger partial charge in [0, 0.05) is 24.4 Å². The molecule has 3 aromatic rings. The number of rotatable bonds is 5. The number of anilines is 2. The topological polar surface area (TPSA) is 71.1 Å². The number of amides is 2. The maximum atomic E-state index is 12.3. The van der Waals surface area contributed by atoms with Gasteiger partial charge in [-0.1, -0.05) is 29.8 Å². The number of benzene rings is 1. The zero-order valence-electron chi connectivity index (χ0n) is 13.8. The summed E-state index contributed by atoms with van der Waals surface area (Å²) in [4.78, 5) is 29.2. The second kappa shape index (κ2) is 7.58. The van der Waals surface area contributed by atoms with Gasteiger partial charge in [0.05, 0.1) is 9.88 Å². The molecule has 3 rings (SSSR count). The lowest BCUT2D eigenvalue weighted by Gasteiger charge is -1.99. The Morgan fingerprint density at radius 1 is 1.04 bits per heavy atom. The molecule has 2 N–H and O–H groups in total. The van der Waals surface area contributed by atoms with Gasteiger partial charge in [0.25, 0.3) is 5.91 Å². The van der Waals surface area contributed by atoms with Crippen molar-refractivity contribution in [2.45, 2.75) is 20.3 Å². The molecule has 0 aliphatic carbocycles. The molecule has 128 valence electrons. The molecular weight excluding hydrogens is 354 g/mol. The number of carbonyl (C=O) groups is 2. The predicted octanol–water partition coefficient (Wildman–Crippen LogP) is 4.31. The van der Waals surface area contributed by atoms with Gasteiger partial charge in [-0.2, -0.15) is 0 Å². The molecule has 25 heavy (non-hydrogen) atoms. The first-order valence-corrected chi connectivity index (χ1v) is 9.32. The standard InChI is InChI=1S/C18H17N3O2S2/c1-11-3-5-13(6-4-11)9-14-10-19-18(24-14)21-17(23)15-7-8-16(25-15)20-12(2)22/h3-8,10H,9H2,1-2H3,(H,20,22)(H,19,21,23). The minimum absolute atomic E-state index is 0.158. The number of nitrogens with zero attached hydrogens (tertiary/aromatic N) is 1. The summed E-state index contributed by atoms with van der Waals surface area (Å²) in [5.74, 6) is -0.382. The fourth-order valence-corrected chi connectivity index (χ4v) is 3.90. The van der Waals surface area contributed by atoms with Crippen LogP contribution in [-0.2, 0) is 11.2 Å². The molecule has 7 heteroatoms. The summed E-state index contributed by atoms with van der Waals surface area (Å²) in [6.45, 7) is 3.50. The summed E-state index contributed by atoms with van der Waals surface area (Å²) >= 11 is 2.70. The van der Waals surface area contributed by atoms with E-state index in [0.29, 0.717) is 15.0 Å². The van der Waals surface area contributed by atoms with E-state index in [9.17, 15) is 9.59 Å². The van der Waals surface area contributed by atoms with Crippen molar-refractivity contribution in [3.8, 4) is 0 Å². The Balaban J connectivity index is 1.62. The van der Waals surface area contributed by atoms with E-state index in [1.807, 2.05) is 0 Å². The monoisotopic (exact) mass is 371 g/mol. The maximum Gasteiger partial charge on any atom is 0.267 e. The fourth-order valence-electron chi connectivity index (χ4n) is 2.21. The molecule has 0 saturated carbocycles. The predicted molar refractivity (Wildman–Crippen MR) is 103 cm³/mol. The molecule has 2 heterocycles. The van der Waals surface area contributed by atoms with Crippen molar-refractivity contribution >= 4 is 44.6 Å². The molecule has 1 aromatic carbocycles. The number of hydrogen-bond donors (Lipinski definition) is 2. The van der Waals surface area contributed by atoms with Crippen molar-refractivity contribution in [2.24, 2.45) is 0 Å². The summed E-state index contributed by atoms with van der Waals surface area (Å²) in [6, 6.07) is 11.8. The van der Waals surface area contributed by atoms with Gasteiger partial charge in [-0.15, -0.1) is 22.7 Å². The third-order valence-electron chi connectivity index (χ3n) is 3.40. The summed E-state index contributed by atoms with van der Waals surface area (Å²) in [7, 11) is 0. The molecule has 0 spiro atoms. The van der Waals surface area contributed by atoms with Crippen LogP contribution in [-0.4, -0.2) is 16.8 Å². The van der Waals surface area contributed by atoms with E-state index in [0.717, 1.165) is 11.3 Å². The molecule has 0 atom stereocenters. The highest BCUT2D eigenvalue weighted by atomic mass is 32.1. The van der Waals surface area contributed by atoms with Gasteiger partial charge in [0.1, 0.15) is 0 Å².